The molecule has 1 aliphatic carbocycles. The molecule has 0 heterocycles. The predicted molar refractivity (Wildman–Crippen MR) is 62.2 cm³/mol. The summed E-state index contributed by atoms with van der Waals surface area (Å²) in [5.74, 6) is 0. The third-order valence-electron chi connectivity index (χ3n) is 2.76. The Bertz CT molecular complexity index is 330. The number of nitrogens with one attached hydrogen (secondary N) is 1. The van der Waals surface area contributed by atoms with E-state index < -0.39 is 23.3 Å². The van der Waals surface area contributed by atoms with Crippen molar-refractivity contribution < 1.29 is 14.6 Å². The van der Waals surface area contributed by atoms with Gasteiger partial charge in [-0.1, -0.05) is 6.42 Å². The summed E-state index contributed by atoms with van der Waals surface area (Å²) in [6.07, 6.45) is 2.10. The standard InChI is InChI=1S/C12H20N2O3/c1-11(2,3)17-10(15)14-9-6-4-5-7-12(9,16)8-13/h9,16H,4-7H2,1-3H3,(H,14,15)/t9-,12+/m0/s1. The van der Waals surface area contributed by atoms with Crippen LogP contribution in [0.2, 0.25) is 0 Å². The highest BCUT2D eigenvalue weighted by Gasteiger charge is 2.40. The molecular weight excluding hydrogens is 220 g/mol. The third kappa shape index (κ3) is 3.90. The molecule has 17 heavy (non-hydrogen) atoms. The molecule has 0 unspecified atom stereocenters. The lowest BCUT2D eigenvalue weighted by atomic mass is 9.81. The number of aliphatic hydroxyl groups is 1. The summed E-state index contributed by atoms with van der Waals surface area (Å²) in [5, 5.41) is 21.6. The van der Waals surface area contributed by atoms with E-state index in [4.69, 9.17) is 10.00 Å². The van der Waals surface area contributed by atoms with Gasteiger partial charge < -0.3 is 15.2 Å². The Morgan fingerprint density at radius 1 is 1.53 bits per heavy atom. The average Bonchev–Trinajstić information content (AvgIpc) is 2.19. The van der Waals surface area contributed by atoms with Crippen LogP contribution in [0, 0.1) is 11.3 Å². The molecule has 0 spiro atoms. The maximum atomic E-state index is 11.6. The maximum absolute atomic E-state index is 11.6. The largest absolute Gasteiger partial charge is 0.444 e. The highest BCUT2D eigenvalue weighted by Crippen LogP contribution is 2.28. The van der Waals surface area contributed by atoms with Crippen molar-refractivity contribution >= 4 is 6.09 Å². The van der Waals surface area contributed by atoms with Gasteiger partial charge in [0.15, 0.2) is 5.60 Å². The summed E-state index contributed by atoms with van der Waals surface area (Å²) in [7, 11) is 0. The molecule has 96 valence electrons. The van der Waals surface area contributed by atoms with Gasteiger partial charge in [0.1, 0.15) is 5.60 Å². The molecule has 0 aromatic carbocycles. The number of ether oxygens (including phenoxy) is 1. The van der Waals surface area contributed by atoms with Crippen LogP contribution in [0.4, 0.5) is 4.79 Å². The molecule has 0 saturated heterocycles. The van der Waals surface area contributed by atoms with Gasteiger partial charge in [-0.2, -0.15) is 5.26 Å². The van der Waals surface area contributed by atoms with Crippen LogP contribution in [-0.2, 0) is 4.74 Å². The maximum Gasteiger partial charge on any atom is 0.408 e. The first-order valence-corrected chi connectivity index (χ1v) is 5.90. The molecule has 5 nitrogen and oxygen atoms in total. The highest BCUT2D eigenvalue weighted by molar-refractivity contribution is 5.68. The van der Waals surface area contributed by atoms with Crippen LogP contribution in [0.1, 0.15) is 46.5 Å². The summed E-state index contributed by atoms with van der Waals surface area (Å²) in [4.78, 5) is 11.6. The molecule has 0 aliphatic heterocycles. The Hall–Kier alpha value is -1.28. The number of amides is 1. The molecule has 2 atom stereocenters. The van der Waals surface area contributed by atoms with Crippen molar-refractivity contribution in [1.82, 2.24) is 5.32 Å². The van der Waals surface area contributed by atoms with E-state index in [2.05, 4.69) is 5.32 Å². The number of carbonyl (C=O) groups excluding carboxylic acids is 1. The second-order valence-electron chi connectivity index (χ2n) is 5.48. The molecule has 0 aromatic heterocycles. The van der Waals surface area contributed by atoms with Crippen molar-refractivity contribution in [3.8, 4) is 6.07 Å². The molecular formula is C12H20N2O3. The summed E-state index contributed by atoms with van der Waals surface area (Å²) >= 11 is 0. The lowest BCUT2D eigenvalue weighted by molar-refractivity contribution is 0.00854. The first-order valence-electron chi connectivity index (χ1n) is 5.90. The molecule has 5 heteroatoms. The zero-order chi connectivity index (χ0) is 13.1. The first kappa shape index (κ1) is 13.8. The second kappa shape index (κ2) is 4.92. The molecule has 0 bridgehead atoms. The van der Waals surface area contributed by atoms with E-state index >= 15 is 0 Å². The Labute approximate surface area is 102 Å². The van der Waals surface area contributed by atoms with Crippen LogP contribution in [0.5, 0.6) is 0 Å². The van der Waals surface area contributed by atoms with Gasteiger partial charge in [-0.3, -0.25) is 0 Å². The van der Waals surface area contributed by atoms with E-state index in [1.54, 1.807) is 20.8 Å². The fraction of sp³-hybridized carbons (Fsp3) is 0.833. The van der Waals surface area contributed by atoms with Crippen LogP contribution >= 0.6 is 0 Å². The number of carbonyl (C=O) groups is 1. The van der Waals surface area contributed by atoms with Crippen LogP contribution in [0.3, 0.4) is 0 Å². The van der Waals surface area contributed by atoms with E-state index in [1.807, 2.05) is 6.07 Å². The first-order chi connectivity index (χ1) is 7.77. The average molecular weight is 240 g/mol. The van der Waals surface area contributed by atoms with Gasteiger partial charge in [0.05, 0.1) is 12.1 Å². The quantitative estimate of drug-likeness (QED) is 0.683. The van der Waals surface area contributed by atoms with Crippen molar-refractivity contribution in [2.45, 2.75) is 63.7 Å². The van der Waals surface area contributed by atoms with Gasteiger partial charge in [-0.15, -0.1) is 0 Å². The molecule has 1 aliphatic rings. The molecule has 1 rings (SSSR count). The van der Waals surface area contributed by atoms with E-state index in [1.165, 1.54) is 0 Å². The van der Waals surface area contributed by atoms with E-state index in [0.717, 1.165) is 12.8 Å². The summed E-state index contributed by atoms with van der Waals surface area (Å²) in [6.45, 7) is 5.30. The van der Waals surface area contributed by atoms with Crippen molar-refractivity contribution in [1.29, 1.82) is 5.26 Å². The minimum atomic E-state index is -1.46. The summed E-state index contributed by atoms with van der Waals surface area (Å²) < 4.78 is 5.11. The number of nitriles is 1. The zero-order valence-electron chi connectivity index (χ0n) is 10.6. The van der Waals surface area contributed by atoms with Gasteiger partial charge >= 0.3 is 6.09 Å². The lowest BCUT2D eigenvalue weighted by Crippen LogP contribution is -2.54. The zero-order valence-corrected chi connectivity index (χ0v) is 10.6. The van der Waals surface area contributed by atoms with Crippen molar-refractivity contribution in [2.75, 3.05) is 0 Å². The van der Waals surface area contributed by atoms with Crippen LogP contribution in [-0.4, -0.2) is 28.4 Å². The SMILES string of the molecule is CC(C)(C)OC(=O)N[C@H]1CCCC[C@@]1(O)C#N. The number of hydrogen-bond acceptors (Lipinski definition) is 4. The minimum Gasteiger partial charge on any atom is -0.444 e. The smallest absolute Gasteiger partial charge is 0.408 e. The van der Waals surface area contributed by atoms with E-state index in [9.17, 15) is 9.90 Å². The molecule has 1 amide bonds. The van der Waals surface area contributed by atoms with Gasteiger partial charge in [0.2, 0.25) is 0 Å². The fourth-order valence-corrected chi connectivity index (χ4v) is 1.93. The van der Waals surface area contributed by atoms with Crippen molar-refractivity contribution in [3.63, 3.8) is 0 Å². The van der Waals surface area contributed by atoms with E-state index in [-0.39, 0.29) is 0 Å². The van der Waals surface area contributed by atoms with Crippen LogP contribution < -0.4 is 5.32 Å². The fourth-order valence-electron chi connectivity index (χ4n) is 1.93. The van der Waals surface area contributed by atoms with Crippen molar-refractivity contribution in [3.05, 3.63) is 0 Å². The molecule has 0 aromatic rings. The van der Waals surface area contributed by atoms with Gasteiger partial charge in [0.25, 0.3) is 0 Å². The topological polar surface area (TPSA) is 82.3 Å². The molecule has 1 saturated carbocycles. The van der Waals surface area contributed by atoms with Gasteiger partial charge in [-0.05, 0) is 40.0 Å². The number of rotatable bonds is 1. The van der Waals surface area contributed by atoms with E-state index in [0.29, 0.717) is 12.8 Å². The number of nitrogens with zero attached hydrogens (tertiary/aromatic N) is 1. The number of hydrogen-bond donors (Lipinski definition) is 2. The molecule has 1 fully saturated rings. The summed E-state index contributed by atoms with van der Waals surface area (Å²) in [5.41, 5.74) is -2.04. The second-order valence-corrected chi connectivity index (χ2v) is 5.48. The van der Waals surface area contributed by atoms with Crippen LogP contribution in [0.25, 0.3) is 0 Å². The molecule has 2 N–H and O–H groups in total. The normalized spacial score (nSPS) is 29.2. The Balaban J connectivity index is 2.61. The Morgan fingerprint density at radius 3 is 2.71 bits per heavy atom. The Morgan fingerprint density at radius 2 is 2.18 bits per heavy atom. The van der Waals surface area contributed by atoms with Gasteiger partial charge in [0, 0.05) is 0 Å². The monoisotopic (exact) mass is 240 g/mol. The Kier molecular flexibility index (Phi) is 3.99. The minimum absolute atomic E-state index is 0.393. The van der Waals surface area contributed by atoms with Crippen LogP contribution in [0.15, 0.2) is 0 Å². The summed E-state index contributed by atoms with van der Waals surface area (Å²) in [6, 6.07) is 1.34. The third-order valence-corrected chi connectivity index (χ3v) is 2.76. The van der Waals surface area contributed by atoms with Gasteiger partial charge in [-0.25, -0.2) is 4.79 Å². The van der Waals surface area contributed by atoms with Crippen molar-refractivity contribution in [2.24, 2.45) is 0 Å². The number of alkyl carbamates (subject to hydrolysis) is 1. The lowest BCUT2D eigenvalue weighted by Gasteiger charge is -2.35. The molecule has 0 radical (unpaired) electrons. The predicted octanol–water partition coefficient (Wildman–Crippen LogP) is 1.71. The highest BCUT2D eigenvalue weighted by atomic mass is 16.6.